The Kier molecular flexibility index (Phi) is 6.27. The molecule has 4 heteroatoms. The number of hydrogen-bond acceptors (Lipinski definition) is 3. The number of carbonyl (C=O) groups excluding carboxylic acids is 1. The zero-order chi connectivity index (χ0) is 18.2. The van der Waals surface area contributed by atoms with Crippen molar-refractivity contribution in [3.8, 4) is 6.19 Å². The molecule has 1 fully saturated rings. The Morgan fingerprint density at radius 2 is 1.54 bits per heavy atom. The van der Waals surface area contributed by atoms with Crippen LogP contribution in [0.2, 0.25) is 0 Å². The summed E-state index contributed by atoms with van der Waals surface area (Å²) in [5.41, 5.74) is 2.12. The molecule has 3 rings (SSSR count). The lowest BCUT2D eigenvalue weighted by Crippen LogP contribution is -2.49. The van der Waals surface area contributed by atoms with Gasteiger partial charge in [0, 0.05) is 19.5 Å². The highest BCUT2D eigenvalue weighted by atomic mass is 16.2. The van der Waals surface area contributed by atoms with E-state index in [9.17, 15) is 10.1 Å². The summed E-state index contributed by atoms with van der Waals surface area (Å²) in [6.07, 6.45) is 6.11. The maximum absolute atomic E-state index is 13.2. The molecule has 0 N–H and O–H groups in total. The van der Waals surface area contributed by atoms with Gasteiger partial charge in [-0.2, -0.15) is 5.26 Å². The van der Waals surface area contributed by atoms with Gasteiger partial charge in [0.2, 0.25) is 5.91 Å². The summed E-state index contributed by atoms with van der Waals surface area (Å²) in [6.45, 7) is 2.05. The molecule has 0 saturated carbocycles. The van der Waals surface area contributed by atoms with Gasteiger partial charge in [0.15, 0.2) is 6.19 Å². The Labute approximate surface area is 155 Å². The average Bonchev–Trinajstić information content (AvgIpc) is 2.72. The molecule has 1 aliphatic rings. The van der Waals surface area contributed by atoms with Crippen molar-refractivity contribution in [1.82, 2.24) is 9.80 Å². The first kappa shape index (κ1) is 18.0. The van der Waals surface area contributed by atoms with Crippen molar-refractivity contribution in [2.24, 2.45) is 0 Å². The minimum atomic E-state index is -0.458. The van der Waals surface area contributed by atoms with Gasteiger partial charge in [0.1, 0.15) is 6.04 Å². The van der Waals surface area contributed by atoms with E-state index in [4.69, 9.17) is 0 Å². The van der Waals surface area contributed by atoms with Crippen LogP contribution < -0.4 is 0 Å². The van der Waals surface area contributed by atoms with Crippen molar-refractivity contribution in [3.05, 3.63) is 71.8 Å². The quantitative estimate of drug-likeness (QED) is 0.593. The number of amides is 1. The summed E-state index contributed by atoms with van der Waals surface area (Å²) in [5.74, 6) is 0.0750. The number of likely N-dealkylation sites (tertiary alicyclic amines) is 1. The molecule has 26 heavy (non-hydrogen) atoms. The van der Waals surface area contributed by atoms with Gasteiger partial charge in [0.05, 0.1) is 6.54 Å². The maximum atomic E-state index is 13.2. The Hall–Kier alpha value is -2.80. The minimum Gasteiger partial charge on any atom is -0.341 e. The maximum Gasteiger partial charge on any atom is 0.246 e. The molecule has 2 aromatic rings. The van der Waals surface area contributed by atoms with Gasteiger partial charge in [-0.15, -0.1) is 0 Å². The molecular formula is C22H25N3O. The molecule has 1 amide bonds. The number of benzene rings is 2. The lowest BCUT2D eigenvalue weighted by Gasteiger charge is -2.34. The molecule has 0 aliphatic carbocycles. The minimum absolute atomic E-state index is 0.0750. The van der Waals surface area contributed by atoms with Crippen molar-refractivity contribution in [2.45, 2.75) is 38.3 Å². The van der Waals surface area contributed by atoms with E-state index in [0.717, 1.165) is 37.1 Å². The fourth-order valence-electron chi connectivity index (χ4n) is 3.49. The zero-order valence-electron chi connectivity index (χ0n) is 15.1. The second-order valence-electron chi connectivity index (χ2n) is 6.80. The molecule has 0 radical (unpaired) electrons. The summed E-state index contributed by atoms with van der Waals surface area (Å²) >= 11 is 0. The Morgan fingerprint density at radius 1 is 0.962 bits per heavy atom. The molecule has 1 aliphatic heterocycles. The van der Waals surface area contributed by atoms with Crippen LogP contribution in [0.3, 0.4) is 0 Å². The first-order valence-electron chi connectivity index (χ1n) is 9.31. The van der Waals surface area contributed by atoms with E-state index in [2.05, 4.69) is 6.19 Å². The number of carbonyl (C=O) groups is 1. The van der Waals surface area contributed by atoms with E-state index >= 15 is 0 Å². The molecule has 1 saturated heterocycles. The second-order valence-corrected chi connectivity index (χ2v) is 6.80. The number of rotatable bonds is 6. The topological polar surface area (TPSA) is 47.3 Å². The van der Waals surface area contributed by atoms with Crippen molar-refractivity contribution in [3.63, 3.8) is 0 Å². The molecule has 0 aromatic heterocycles. The van der Waals surface area contributed by atoms with E-state index in [0.29, 0.717) is 13.0 Å². The molecular weight excluding hydrogens is 322 g/mol. The second kappa shape index (κ2) is 9.05. The number of hydrogen-bond donors (Lipinski definition) is 0. The van der Waals surface area contributed by atoms with Gasteiger partial charge in [-0.1, -0.05) is 60.7 Å². The lowest BCUT2D eigenvalue weighted by molar-refractivity contribution is -0.137. The largest absolute Gasteiger partial charge is 0.341 e. The first-order valence-corrected chi connectivity index (χ1v) is 9.31. The third kappa shape index (κ3) is 4.64. The fourth-order valence-corrected chi connectivity index (χ4v) is 3.49. The SMILES string of the molecule is N#CN(Cc1ccccc1)C(Cc1ccccc1)C(=O)N1CCCCC1. The predicted octanol–water partition coefficient (Wildman–Crippen LogP) is 3.59. The third-order valence-corrected chi connectivity index (χ3v) is 4.93. The molecule has 2 aromatic carbocycles. The monoisotopic (exact) mass is 347 g/mol. The Morgan fingerprint density at radius 3 is 2.12 bits per heavy atom. The van der Waals surface area contributed by atoms with E-state index in [-0.39, 0.29) is 5.91 Å². The summed E-state index contributed by atoms with van der Waals surface area (Å²) < 4.78 is 0. The van der Waals surface area contributed by atoms with Crippen molar-refractivity contribution >= 4 is 5.91 Å². The Balaban J connectivity index is 1.82. The highest BCUT2D eigenvalue weighted by Crippen LogP contribution is 2.18. The smallest absolute Gasteiger partial charge is 0.246 e. The standard InChI is InChI=1S/C22H25N3O/c23-18-25(17-20-12-6-2-7-13-20)21(16-19-10-4-1-5-11-19)22(26)24-14-8-3-9-15-24/h1-2,4-7,10-13,21H,3,8-9,14-17H2. The molecule has 1 atom stereocenters. The summed E-state index contributed by atoms with van der Waals surface area (Å²) in [7, 11) is 0. The van der Waals surface area contributed by atoms with Crippen molar-refractivity contribution in [2.75, 3.05) is 13.1 Å². The number of nitrogens with zero attached hydrogens (tertiary/aromatic N) is 3. The van der Waals surface area contributed by atoms with Crippen LogP contribution in [-0.2, 0) is 17.8 Å². The third-order valence-electron chi connectivity index (χ3n) is 4.93. The van der Waals surface area contributed by atoms with Gasteiger partial charge in [-0.05, 0) is 30.4 Å². The zero-order valence-corrected chi connectivity index (χ0v) is 15.1. The number of nitriles is 1. The molecule has 1 unspecified atom stereocenters. The lowest BCUT2D eigenvalue weighted by atomic mass is 10.0. The summed E-state index contributed by atoms with van der Waals surface area (Å²) in [6, 6.07) is 19.4. The van der Waals surface area contributed by atoms with Gasteiger partial charge in [0.25, 0.3) is 0 Å². The highest BCUT2D eigenvalue weighted by molar-refractivity contribution is 5.82. The van der Waals surface area contributed by atoms with Crippen LogP contribution in [0.25, 0.3) is 0 Å². The molecule has 0 spiro atoms. The van der Waals surface area contributed by atoms with Crippen LogP contribution in [0, 0.1) is 11.5 Å². The van der Waals surface area contributed by atoms with Crippen molar-refractivity contribution in [1.29, 1.82) is 5.26 Å². The number of piperidine rings is 1. The average molecular weight is 347 g/mol. The van der Waals surface area contributed by atoms with Gasteiger partial charge in [-0.25, -0.2) is 0 Å². The van der Waals surface area contributed by atoms with Crippen LogP contribution in [0.1, 0.15) is 30.4 Å². The van der Waals surface area contributed by atoms with E-state index in [1.807, 2.05) is 65.6 Å². The van der Waals surface area contributed by atoms with Crippen molar-refractivity contribution < 1.29 is 4.79 Å². The van der Waals surface area contributed by atoms with E-state index in [1.54, 1.807) is 4.90 Å². The van der Waals surface area contributed by atoms with Crippen LogP contribution in [0.4, 0.5) is 0 Å². The normalized spacial score (nSPS) is 15.1. The highest BCUT2D eigenvalue weighted by Gasteiger charge is 2.30. The molecule has 4 nitrogen and oxygen atoms in total. The van der Waals surface area contributed by atoms with Crippen LogP contribution in [0.15, 0.2) is 60.7 Å². The molecule has 1 heterocycles. The molecule has 0 bridgehead atoms. The molecule has 134 valence electrons. The van der Waals surface area contributed by atoms with Crippen LogP contribution >= 0.6 is 0 Å². The fraction of sp³-hybridized carbons (Fsp3) is 0.364. The van der Waals surface area contributed by atoms with E-state index < -0.39 is 6.04 Å². The van der Waals surface area contributed by atoms with Gasteiger partial charge >= 0.3 is 0 Å². The van der Waals surface area contributed by atoms with Crippen LogP contribution in [0.5, 0.6) is 0 Å². The van der Waals surface area contributed by atoms with Gasteiger partial charge < -0.3 is 4.90 Å². The van der Waals surface area contributed by atoms with Gasteiger partial charge in [-0.3, -0.25) is 9.69 Å². The van der Waals surface area contributed by atoms with E-state index in [1.165, 1.54) is 6.42 Å². The summed E-state index contributed by atoms with van der Waals surface area (Å²) in [5, 5.41) is 9.79. The first-order chi connectivity index (χ1) is 12.8. The Bertz CT molecular complexity index is 733. The summed E-state index contributed by atoms with van der Waals surface area (Å²) in [4.78, 5) is 16.8. The predicted molar refractivity (Wildman–Crippen MR) is 102 cm³/mol. The van der Waals surface area contributed by atoms with Crippen LogP contribution in [-0.4, -0.2) is 34.8 Å².